The molecule has 1 aromatic heterocycles. The van der Waals surface area contributed by atoms with Crippen molar-refractivity contribution >= 4 is 5.69 Å². The molecule has 1 atom stereocenters. The molecular formula is C18H21N5O. The number of fused-ring (bicyclic) bond motifs is 1. The number of ether oxygens (including phenoxy) is 1. The summed E-state index contributed by atoms with van der Waals surface area (Å²) < 4.78 is 5.56. The summed E-state index contributed by atoms with van der Waals surface area (Å²) in [6.07, 6.45) is 1.82. The number of aromatic amines is 1. The van der Waals surface area contributed by atoms with Crippen molar-refractivity contribution in [3.63, 3.8) is 0 Å². The highest BCUT2D eigenvalue weighted by Crippen LogP contribution is 2.43. The highest BCUT2D eigenvalue weighted by molar-refractivity contribution is 5.57. The van der Waals surface area contributed by atoms with E-state index in [1.807, 2.05) is 43.3 Å². The van der Waals surface area contributed by atoms with Gasteiger partial charge in [-0.3, -0.25) is 5.10 Å². The Balaban J connectivity index is 2.13. The summed E-state index contributed by atoms with van der Waals surface area (Å²) >= 11 is 0. The maximum Gasteiger partial charge on any atom is 0.244 e. The van der Waals surface area contributed by atoms with Crippen LogP contribution in [0.15, 0.2) is 35.7 Å². The first-order valence-corrected chi connectivity index (χ1v) is 7.98. The first kappa shape index (κ1) is 15.9. The highest BCUT2D eigenvalue weighted by Gasteiger charge is 2.34. The predicted octanol–water partition coefficient (Wildman–Crippen LogP) is 2.65. The minimum absolute atomic E-state index is 0.126. The standard InChI is InChI=1S/C18H21N5O/c1-4-5-14-16-15(11-6-8-12(9-7-11)23(2)3)13(10-19)17(20)24-18(16)22-21-14/h6-9,15H,4-5,20H2,1-3H3,(H,21,22). The van der Waals surface area contributed by atoms with Gasteiger partial charge in [0, 0.05) is 31.0 Å². The molecule has 3 rings (SSSR count). The van der Waals surface area contributed by atoms with E-state index in [-0.39, 0.29) is 11.8 Å². The molecule has 0 amide bonds. The van der Waals surface area contributed by atoms with Crippen LogP contribution in [0.5, 0.6) is 5.88 Å². The topological polar surface area (TPSA) is 91.0 Å². The van der Waals surface area contributed by atoms with E-state index in [9.17, 15) is 5.26 Å². The molecule has 0 aliphatic carbocycles. The van der Waals surface area contributed by atoms with Gasteiger partial charge >= 0.3 is 0 Å². The average molecular weight is 323 g/mol. The van der Waals surface area contributed by atoms with E-state index in [0.717, 1.165) is 35.3 Å². The monoisotopic (exact) mass is 323 g/mol. The number of hydrogen-bond acceptors (Lipinski definition) is 5. The van der Waals surface area contributed by atoms with E-state index in [1.54, 1.807) is 0 Å². The van der Waals surface area contributed by atoms with Crippen molar-refractivity contribution in [3.8, 4) is 11.9 Å². The van der Waals surface area contributed by atoms with Crippen LogP contribution in [-0.4, -0.2) is 24.3 Å². The number of nitrogens with zero attached hydrogens (tertiary/aromatic N) is 3. The smallest absolute Gasteiger partial charge is 0.244 e. The Morgan fingerprint density at radius 3 is 2.62 bits per heavy atom. The van der Waals surface area contributed by atoms with E-state index in [4.69, 9.17) is 10.5 Å². The molecular weight excluding hydrogens is 302 g/mol. The maximum absolute atomic E-state index is 9.61. The van der Waals surface area contributed by atoms with E-state index >= 15 is 0 Å². The number of H-pyrrole nitrogens is 1. The first-order chi connectivity index (χ1) is 11.6. The Hall–Kier alpha value is -2.94. The fraction of sp³-hybridized carbons (Fsp3) is 0.333. The van der Waals surface area contributed by atoms with Crippen LogP contribution in [0.1, 0.15) is 36.1 Å². The SMILES string of the molecule is CCCc1[nH]nc2c1C(c1ccc(N(C)C)cc1)C(C#N)=C(N)O2. The van der Waals surface area contributed by atoms with Crippen LogP contribution in [0, 0.1) is 11.3 Å². The third-order valence-electron chi connectivity index (χ3n) is 4.26. The van der Waals surface area contributed by atoms with Crippen LogP contribution in [-0.2, 0) is 6.42 Å². The Kier molecular flexibility index (Phi) is 4.17. The second-order valence-electron chi connectivity index (χ2n) is 6.08. The molecule has 6 heteroatoms. The van der Waals surface area contributed by atoms with Gasteiger partial charge in [-0.15, -0.1) is 5.10 Å². The summed E-state index contributed by atoms with van der Waals surface area (Å²) in [6, 6.07) is 10.4. The molecule has 1 unspecified atom stereocenters. The number of aromatic nitrogens is 2. The molecule has 2 heterocycles. The van der Waals surface area contributed by atoms with Gasteiger partial charge in [0.1, 0.15) is 11.6 Å². The van der Waals surface area contributed by atoms with Crippen molar-refractivity contribution in [2.45, 2.75) is 25.7 Å². The van der Waals surface area contributed by atoms with Gasteiger partial charge < -0.3 is 15.4 Å². The van der Waals surface area contributed by atoms with E-state index in [2.05, 4.69) is 23.2 Å². The van der Waals surface area contributed by atoms with Crippen molar-refractivity contribution in [1.29, 1.82) is 5.26 Å². The molecule has 0 bridgehead atoms. The molecule has 124 valence electrons. The Morgan fingerprint density at radius 1 is 1.33 bits per heavy atom. The summed E-state index contributed by atoms with van der Waals surface area (Å²) in [4.78, 5) is 2.04. The third kappa shape index (κ3) is 2.58. The maximum atomic E-state index is 9.61. The summed E-state index contributed by atoms with van der Waals surface area (Å²) in [5, 5.41) is 16.9. The number of nitriles is 1. The first-order valence-electron chi connectivity index (χ1n) is 7.98. The lowest BCUT2D eigenvalue weighted by molar-refractivity contribution is 0.378. The van der Waals surface area contributed by atoms with E-state index in [0.29, 0.717) is 11.5 Å². The number of rotatable bonds is 4. The minimum Gasteiger partial charge on any atom is -0.420 e. The molecule has 0 spiro atoms. The van der Waals surface area contributed by atoms with Gasteiger partial charge in [-0.1, -0.05) is 25.5 Å². The molecule has 0 fully saturated rings. The van der Waals surface area contributed by atoms with Gasteiger partial charge in [-0.25, -0.2) is 0 Å². The normalized spacial score (nSPS) is 16.3. The van der Waals surface area contributed by atoms with Gasteiger partial charge in [0.15, 0.2) is 0 Å². The zero-order valence-electron chi connectivity index (χ0n) is 14.1. The Labute approximate surface area is 141 Å². The van der Waals surface area contributed by atoms with Crippen LogP contribution in [0.25, 0.3) is 0 Å². The largest absolute Gasteiger partial charge is 0.420 e. The van der Waals surface area contributed by atoms with Crippen LogP contribution < -0.4 is 15.4 Å². The van der Waals surface area contributed by atoms with Crippen molar-refractivity contribution in [2.75, 3.05) is 19.0 Å². The van der Waals surface area contributed by atoms with E-state index in [1.165, 1.54) is 0 Å². The van der Waals surface area contributed by atoms with Crippen molar-refractivity contribution in [1.82, 2.24) is 10.2 Å². The Morgan fingerprint density at radius 2 is 2.04 bits per heavy atom. The van der Waals surface area contributed by atoms with Crippen LogP contribution in [0.2, 0.25) is 0 Å². The van der Waals surface area contributed by atoms with Crippen LogP contribution >= 0.6 is 0 Å². The van der Waals surface area contributed by atoms with Crippen molar-refractivity contribution < 1.29 is 4.74 Å². The summed E-state index contributed by atoms with van der Waals surface area (Å²) in [6.45, 7) is 2.10. The molecule has 1 aliphatic heterocycles. The van der Waals surface area contributed by atoms with Gasteiger partial charge in [0.25, 0.3) is 0 Å². The van der Waals surface area contributed by atoms with Crippen molar-refractivity contribution in [2.24, 2.45) is 5.73 Å². The molecule has 0 radical (unpaired) electrons. The minimum atomic E-state index is -0.254. The quantitative estimate of drug-likeness (QED) is 0.902. The molecule has 1 aliphatic rings. The number of hydrogen-bond donors (Lipinski definition) is 2. The number of nitrogens with one attached hydrogen (secondary N) is 1. The average Bonchev–Trinajstić information content (AvgIpc) is 2.96. The van der Waals surface area contributed by atoms with Crippen LogP contribution in [0.3, 0.4) is 0 Å². The number of allylic oxidation sites excluding steroid dienone is 1. The number of benzene rings is 1. The summed E-state index contributed by atoms with van der Waals surface area (Å²) in [7, 11) is 3.99. The predicted molar refractivity (Wildman–Crippen MR) is 92.6 cm³/mol. The zero-order valence-corrected chi connectivity index (χ0v) is 14.1. The lowest BCUT2D eigenvalue weighted by Crippen LogP contribution is -2.21. The van der Waals surface area contributed by atoms with Crippen molar-refractivity contribution in [3.05, 3.63) is 52.5 Å². The fourth-order valence-electron chi connectivity index (χ4n) is 3.05. The molecule has 2 aromatic rings. The van der Waals surface area contributed by atoms with E-state index < -0.39 is 0 Å². The lowest BCUT2D eigenvalue weighted by Gasteiger charge is -2.24. The second kappa shape index (κ2) is 6.28. The summed E-state index contributed by atoms with van der Waals surface area (Å²) in [5.74, 6) is 0.341. The highest BCUT2D eigenvalue weighted by atomic mass is 16.5. The van der Waals surface area contributed by atoms with Crippen LogP contribution in [0.4, 0.5) is 5.69 Å². The Bertz CT molecular complexity index is 811. The molecule has 0 saturated heterocycles. The second-order valence-corrected chi connectivity index (χ2v) is 6.08. The molecule has 6 nitrogen and oxygen atoms in total. The molecule has 24 heavy (non-hydrogen) atoms. The fourth-order valence-corrected chi connectivity index (χ4v) is 3.05. The third-order valence-corrected chi connectivity index (χ3v) is 4.26. The molecule has 3 N–H and O–H groups in total. The summed E-state index contributed by atoms with van der Waals surface area (Å²) in [5.41, 5.74) is 10.4. The lowest BCUT2D eigenvalue weighted by atomic mass is 9.83. The number of nitrogens with two attached hydrogens (primary N) is 1. The number of anilines is 1. The molecule has 1 aromatic carbocycles. The molecule has 0 saturated carbocycles. The van der Waals surface area contributed by atoms with Gasteiger partial charge in [0.05, 0.1) is 5.92 Å². The van der Waals surface area contributed by atoms with Gasteiger partial charge in [-0.2, -0.15) is 5.26 Å². The zero-order chi connectivity index (χ0) is 17.3. The van der Waals surface area contributed by atoms with Gasteiger partial charge in [-0.05, 0) is 24.1 Å². The van der Waals surface area contributed by atoms with Gasteiger partial charge in [0.2, 0.25) is 11.8 Å². The number of aryl methyl sites for hydroxylation is 1.